The molecule has 0 aliphatic rings. The Hall–Kier alpha value is -1.51. The van der Waals surface area contributed by atoms with Crippen LogP contribution in [0.5, 0.6) is 5.75 Å². The fourth-order valence-electron chi connectivity index (χ4n) is 2.30. The molecular weight excluding hydrogens is 262 g/mol. The molecule has 0 unspecified atom stereocenters. The van der Waals surface area contributed by atoms with Gasteiger partial charge in [-0.1, -0.05) is 34.6 Å². The molecule has 1 amide bonds. The third-order valence-corrected chi connectivity index (χ3v) is 3.74. The van der Waals surface area contributed by atoms with Gasteiger partial charge in [0.25, 0.3) is 0 Å². The highest BCUT2D eigenvalue weighted by atomic mass is 16.5. The van der Waals surface area contributed by atoms with Gasteiger partial charge in [-0.05, 0) is 48.6 Å². The zero-order valence-corrected chi connectivity index (χ0v) is 14.6. The minimum Gasteiger partial charge on any atom is -0.496 e. The molecule has 118 valence electrons. The van der Waals surface area contributed by atoms with Crippen molar-refractivity contribution in [3.8, 4) is 5.75 Å². The topological polar surface area (TPSA) is 38.3 Å². The molecule has 0 spiro atoms. The summed E-state index contributed by atoms with van der Waals surface area (Å²) in [6.07, 6.45) is 0. The van der Waals surface area contributed by atoms with E-state index in [4.69, 9.17) is 4.74 Å². The molecule has 1 aromatic carbocycles. The van der Waals surface area contributed by atoms with Crippen molar-refractivity contribution in [2.24, 2.45) is 5.41 Å². The summed E-state index contributed by atoms with van der Waals surface area (Å²) in [5.41, 5.74) is 3.08. The van der Waals surface area contributed by atoms with Crippen molar-refractivity contribution < 1.29 is 9.53 Å². The van der Waals surface area contributed by atoms with Gasteiger partial charge in [-0.3, -0.25) is 4.79 Å². The van der Waals surface area contributed by atoms with Crippen LogP contribution in [0.3, 0.4) is 0 Å². The van der Waals surface area contributed by atoms with Crippen LogP contribution in [0.4, 0.5) is 0 Å². The van der Waals surface area contributed by atoms with E-state index in [9.17, 15) is 4.79 Å². The van der Waals surface area contributed by atoms with E-state index in [2.05, 4.69) is 38.2 Å². The molecule has 0 fully saturated rings. The van der Waals surface area contributed by atoms with Crippen molar-refractivity contribution in [2.45, 2.75) is 60.4 Å². The molecule has 1 atom stereocenters. The number of methoxy groups -OCH3 is 1. The van der Waals surface area contributed by atoms with Crippen molar-refractivity contribution in [1.29, 1.82) is 0 Å². The van der Waals surface area contributed by atoms with E-state index in [1.807, 2.05) is 27.7 Å². The fourth-order valence-corrected chi connectivity index (χ4v) is 2.30. The fraction of sp³-hybridized carbons (Fsp3) is 0.611. The van der Waals surface area contributed by atoms with E-state index in [-0.39, 0.29) is 17.4 Å². The van der Waals surface area contributed by atoms with E-state index >= 15 is 0 Å². The Morgan fingerprint density at radius 2 is 1.71 bits per heavy atom. The zero-order valence-electron chi connectivity index (χ0n) is 14.6. The summed E-state index contributed by atoms with van der Waals surface area (Å²) >= 11 is 0. The summed E-state index contributed by atoms with van der Waals surface area (Å²) < 4.78 is 5.47. The Kier molecular flexibility index (Phi) is 5.43. The highest BCUT2D eigenvalue weighted by Crippen LogP contribution is 2.32. The number of nitrogens with one attached hydrogen (secondary N) is 1. The standard InChI is InChI=1S/C18H29NO2/c1-11(2)14-10-15(12(3)9-16(14)21-8)13(4)19-17(20)18(5,6)7/h9-11,13H,1-8H3,(H,19,20)/t13-/m1/s1. The second-order valence-electron chi connectivity index (χ2n) is 7.05. The summed E-state index contributed by atoms with van der Waals surface area (Å²) in [7, 11) is 1.70. The first-order valence-electron chi connectivity index (χ1n) is 7.57. The van der Waals surface area contributed by atoms with Crippen molar-refractivity contribution in [3.05, 3.63) is 28.8 Å². The number of ether oxygens (including phenoxy) is 1. The summed E-state index contributed by atoms with van der Waals surface area (Å²) in [5.74, 6) is 1.36. The smallest absolute Gasteiger partial charge is 0.225 e. The quantitative estimate of drug-likeness (QED) is 0.895. The highest BCUT2D eigenvalue weighted by molar-refractivity contribution is 5.81. The molecule has 3 heteroatoms. The third kappa shape index (κ3) is 4.23. The maximum absolute atomic E-state index is 12.2. The number of aryl methyl sites for hydroxylation is 1. The first kappa shape index (κ1) is 17.5. The number of benzene rings is 1. The normalized spacial score (nSPS) is 13.2. The van der Waals surface area contributed by atoms with Crippen molar-refractivity contribution >= 4 is 5.91 Å². The van der Waals surface area contributed by atoms with Crippen molar-refractivity contribution in [1.82, 2.24) is 5.32 Å². The summed E-state index contributed by atoms with van der Waals surface area (Å²) in [6, 6.07) is 4.21. The second kappa shape index (κ2) is 6.50. The minimum absolute atomic E-state index is 0.0138. The summed E-state index contributed by atoms with van der Waals surface area (Å²) in [6.45, 7) is 14.2. The van der Waals surface area contributed by atoms with Crippen LogP contribution in [0.15, 0.2) is 12.1 Å². The first-order valence-corrected chi connectivity index (χ1v) is 7.57. The van der Waals surface area contributed by atoms with Gasteiger partial charge < -0.3 is 10.1 Å². The Balaban J connectivity index is 3.13. The first-order chi connectivity index (χ1) is 9.57. The predicted octanol–water partition coefficient (Wildman–Crippen LogP) is 4.35. The Bertz CT molecular complexity index is 513. The lowest BCUT2D eigenvalue weighted by Gasteiger charge is -2.24. The molecular formula is C18H29NO2. The van der Waals surface area contributed by atoms with Crippen molar-refractivity contribution in [2.75, 3.05) is 7.11 Å². The molecule has 0 radical (unpaired) electrons. The lowest BCUT2D eigenvalue weighted by molar-refractivity contribution is -0.129. The molecule has 0 aromatic heterocycles. The van der Waals surface area contributed by atoms with E-state index < -0.39 is 0 Å². The number of carbonyl (C=O) groups is 1. The molecule has 1 N–H and O–H groups in total. The van der Waals surface area contributed by atoms with Gasteiger partial charge in [0.1, 0.15) is 5.75 Å². The van der Waals surface area contributed by atoms with Crippen LogP contribution in [0.25, 0.3) is 0 Å². The molecule has 3 nitrogen and oxygen atoms in total. The van der Waals surface area contributed by atoms with Gasteiger partial charge in [-0.2, -0.15) is 0 Å². The van der Waals surface area contributed by atoms with E-state index in [0.717, 1.165) is 16.9 Å². The Labute approximate surface area is 129 Å². The average molecular weight is 291 g/mol. The van der Waals surface area contributed by atoms with Crippen LogP contribution in [0, 0.1) is 12.3 Å². The number of hydrogen-bond acceptors (Lipinski definition) is 2. The minimum atomic E-state index is -0.379. The summed E-state index contributed by atoms with van der Waals surface area (Å²) in [4.78, 5) is 12.2. The van der Waals surface area contributed by atoms with Crippen LogP contribution in [-0.2, 0) is 4.79 Å². The molecule has 0 aliphatic carbocycles. The molecule has 21 heavy (non-hydrogen) atoms. The Morgan fingerprint density at radius 1 is 1.14 bits per heavy atom. The number of amides is 1. The number of carbonyl (C=O) groups excluding carboxylic acids is 1. The van der Waals surface area contributed by atoms with Crippen LogP contribution in [0.1, 0.15) is 70.2 Å². The van der Waals surface area contributed by atoms with Gasteiger partial charge in [0.2, 0.25) is 5.91 Å². The molecule has 0 aliphatic heterocycles. The van der Waals surface area contributed by atoms with Crippen LogP contribution >= 0.6 is 0 Å². The van der Waals surface area contributed by atoms with E-state index in [1.54, 1.807) is 7.11 Å². The van der Waals surface area contributed by atoms with E-state index in [1.165, 1.54) is 5.56 Å². The molecule has 0 heterocycles. The zero-order chi connectivity index (χ0) is 16.4. The molecule has 1 rings (SSSR count). The second-order valence-corrected chi connectivity index (χ2v) is 7.05. The number of rotatable bonds is 4. The Morgan fingerprint density at radius 3 is 2.14 bits per heavy atom. The molecule has 0 bridgehead atoms. The van der Waals surface area contributed by atoms with Gasteiger partial charge >= 0.3 is 0 Å². The third-order valence-electron chi connectivity index (χ3n) is 3.74. The van der Waals surface area contributed by atoms with Gasteiger partial charge in [0.05, 0.1) is 13.2 Å². The maximum Gasteiger partial charge on any atom is 0.225 e. The molecule has 1 aromatic rings. The average Bonchev–Trinajstić information content (AvgIpc) is 2.36. The van der Waals surface area contributed by atoms with Gasteiger partial charge in [0, 0.05) is 5.41 Å². The van der Waals surface area contributed by atoms with Gasteiger partial charge in [-0.25, -0.2) is 0 Å². The number of hydrogen-bond donors (Lipinski definition) is 1. The lowest BCUT2D eigenvalue weighted by atomic mass is 9.91. The molecule has 0 saturated carbocycles. The maximum atomic E-state index is 12.2. The molecule has 0 saturated heterocycles. The van der Waals surface area contributed by atoms with Crippen LogP contribution in [0.2, 0.25) is 0 Å². The van der Waals surface area contributed by atoms with Crippen LogP contribution < -0.4 is 10.1 Å². The van der Waals surface area contributed by atoms with Gasteiger partial charge in [-0.15, -0.1) is 0 Å². The van der Waals surface area contributed by atoms with Gasteiger partial charge in [0.15, 0.2) is 0 Å². The monoisotopic (exact) mass is 291 g/mol. The lowest BCUT2D eigenvalue weighted by Crippen LogP contribution is -2.36. The SMILES string of the molecule is COc1cc(C)c([C@@H](C)NC(=O)C(C)(C)C)cc1C(C)C. The largest absolute Gasteiger partial charge is 0.496 e. The highest BCUT2D eigenvalue weighted by Gasteiger charge is 2.24. The van der Waals surface area contributed by atoms with E-state index in [0.29, 0.717) is 5.92 Å². The summed E-state index contributed by atoms with van der Waals surface area (Å²) in [5, 5.41) is 3.10. The van der Waals surface area contributed by atoms with Crippen LogP contribution in [-0.4, -0.2) is 13.0 Å². The van der Waals surface area contributed by atoms with Crippen molar-refractivity contribution in [3.63, 3.8) is 0 Å². The predicted molar refractivity (Wildman–Crippen MR) is 87.8 cm³/mol.